The number of rotatable bonds is 7. The summed E-state index contributed by atoms with van der Waals surface area (Å²) in [6.07, 6.45) is 0. The van der Waals surface area contributed by atoms with Crippen LogP contribution in [-0.4, -0.2) is 23.9 Å². The first-order valence-electron chi connectivity index (χ1n) is 6.63. The third-order valence-electron chi connectivity index (χ3n) is 2.49. The molecule has 0 aromatic heterocycles. The maximum atomic E-state index is 13.8. The molecule has 0 aliphatic carbocycles. The Kier molecular flexibility index (Phi) is 5.76. The Morgan fingerprint density at radius 3 is 2.63 bits per heavy atom. The van der Waals surface area contributed by atoms with Crippen LogP contribution in [-0.2, 0) is 6.54 Å². The van der Waals surface area contributed by atoms with Crippen LogP contribution in [0.2, 0.25) is 0 Å². The van der Waals surface area contributed by atoms with Gasteiger partial charge in [-0.2, -0.15) is 0 Å². The lowest BCUT2D eigenvalue weighted by Crippen LogP contribution is -2.28. The predicted octanol–water partition coefficient (Wildman–Crippen LogP) is 2.72. The largest absolute Gasteiger partial charge is 0.487 e. The van der Waals surface area contributed by atoms with Gasteiger partial charge in [0.05, 0.1) is 5.60 Å². The van der Waals surface area contributed by atoms with E-state index in [1.54, 1.807) is 19.9 Å². The average Bonchev–Trinajstić information content (AvgIpc) is 2.26. The average molecular weight is 269 g/mol. The predicted molar refractivity (Wildman–Crippen MR) is 74.7 cm³/mol. The van der Waals surface area contributed by atoms with Crippen molar-refractivity contribution in [3.8, 4) is 5.75 Å². The Morgan fingerprint density at radius 1 is 1.37 bits per heavy atom. The summed E-state index contributed by atoms with van der Waals surface area (Å²) in [6.45, 7) is 8.97. The normalized spacial score (nSPS) is 11.9. The van der Waals surface area contributed by atoms with E-state index in [0.717, 1.165) is 12.1 Å². The van der Waals surface area contributed by atoms with Crippen molar-refractivity contribution in [2.75, 3.05) is 13.2 Å². The molecular formula is C15H24FNO2. The van der Waals surface area contributed by atoms with Gasteiger partial charge in [-0.25, -0.2) is 4.39 Å². The van der Waals surface area contributed by atoms with Gasteiger partial charge in [-0.05, 0) is 32.4 Å². The lowest BCUT2D eigenvalue weighted by Gasteiger charge is -2.20. The van der Waals surface area contributed by atoms with Crippen LogP contribution in [0.3, 0.4) is 0 Å². The molecule has 0 fully saturated rings. The Bertz CT molecular complexity index is 400. The minimum Gasteiger partial charge on any atom is -0.487 e. The van der Waals surface area contributed by atoms with Gasteiger partial charge in [-0.15, -0.1) is 0 Å². The Hall–Kier alpha value is -1.13. The molecule has 0 saturated carbocycles. The fraction of sp³-hybridized carbons (Fsp3) is 0.600. The molecule has 0 aliphatic heterocycles. The lowest BCUT2D eigenvalue weighted by atomic mass is 10.1. The second-order valence-electron chi connectivity index (χ2n) is 5.85. The van der Waals surface area contributed by atoms with E-state index in [9.17, 15) is 9.50 Å². The maximum absolute atomic E-state index is 13.8. The molecule has 0 saturated heterocycles. The van der Waals surface area contributed by atoms with Crippen LogP contribution in [0.25, 0.3) is 0 Å². The summed E-state index contributed by atoms with van der Waals surface area (Å²) in [5.74, 6) is 0.364. The molecule has 0 atom stereocenters. The smallest absolute Gasteiger partial charge is 0.165 e. The molecule has 1 aromatic rings. The van der Waals surface area contributed by atoms with Gasteiger partial charge in [0, 0.05) is 12.1 Å². The molecule has 4 heteroatoms. The summed E-state index contributed by atoms with van der Waals surface area (Å²) < 4.78 is 19.2. The minimum absolute atomic E-state index is 0.0606. The Morgan fingerprint density at radius 2 is 2.05 bits per heavy atom. The summed E-state index contributed by atoms with van der Waals surface area (Å²) in [5, 5.41) is 12.9. The van der Waals surface area contributed by atoms with E-state index in [2.05, 4.69) is 19.2 Å². The van der Waals surface area contributed by atoms with Gasteiger partial charge in [0.25, 0.3) is 0 Å². The second-order valence-corrected chi connectivity index (χ2v) is 5.85. The molecular weight excluding hydrogens is 245 g/mol. The highest BCUT2D eigenvalue weighted by Gasteiger charge is 2.17. The first-order chi connectivity index (χ1) is 8.79. The molecule has 0 bridgehead atoms. The van der Waals surface area contributed by atoms with E-state index < -0.39 is 11.4 Å². The molecule has 1 aromatic carbocycles. The molecule has 0 radical (unpaired) electrons. The number of ether oxygens (including phenoxy) is 1. The molecule has 0 amide bonds. The number of para-hydroxylation sites is 1. The van der Waals surface area contributed by atoms with Crippen molar-refractivity contribution in [2.24, 2.45) is 5.92 Å². The van der Waals surface area contributed by atoms with Crippen LogP contribution in [0, 0.1) is 11.7 Å². The van der Waals surface area contributed by atoms with E-state index in [4.69, 9.17) is 4.74 Å². The zero-order valence-electron chi connectivity index (χ0n) is 12.2. The summed E-state index contributed by atoms with van der Waals surface area (Å²) in [7, 11) is 0. The van der Waals surface area contributed by atoms with Gasteiger partial charge in [0.15, 0.2) is 11.6 Å². The van der Waals surface area contributed by atoms with E-state index in [1.807, 2.05) is 6.07 Å². The van der Waals surface area contributed by atoms with Gasteiger partial charge in [0.1, 0.15) is 6.61 Å². The highest BCUT2D eigenvalue weighted by atomic mass is 19.1. The minimum atomic E-state index is -0.981. The first-order valence-corrected chi connectivity index (χ1v) is 6.63. The number of nitrogens with one attached hydrogen (secondary N) is 1. The Labute approximate surface area is 114 Å². The van der Waals surface area contributed by atoms with Crippen LogP contribution in [0.4, 0.5) is 4.39 Å². The van der Waals surface area contributed by atoms with Crippen molar-refractivity contribution < 1.29 is 14.2 Å². The fourth-order valence-electron chi connectivity index (χ4n) is 1.60. The molecule has 0 heterocycles. The standard InChI is InChI=1S/C15H24FNO2/c1-11(2)8-17-9-12-6-5-7-13(16)14(12)19-10-15(3,4)18/h5-7,11,17-18H,8-10H2,1-4H3. The van der Waals surface area contributed by atoms with E-state index in [-0.39, 0.29) is 12.4 Å². The summed E-state index contributed by atoms with van der Waals surface area (Å²) in [5.41, 5.74) is -0.213. The molecule has 2 N–H and O–H groups in total. The van der Waals surface area contributed by atoms with Gasteiger partial charge < -0.3 is 15.2 Å². The highest BCUT2D eigenvalue weighted by molar-refractivity contribution is 5.35. The van der Waals surface area contributed by atoms with Gasteiger partial charge in [0.2, 0.25) is 0 Å². The van der Waals surface area contributed by atoms with Crippen molar-refractivity contribution in [3.05, 3.63) is 29.6 Å². The topological polar surface area (TPSA) is 41.5 Å². The van der Waals surface area contributed by atoms with E-state index in [1.165, 1.54) is 6.07 Å². The highest BCUT2D eigenvalue weighted by Crippen LogP contribution is 2.23. The Balaban J connectivity index is 2.72. The second kappa shape index (κ2) is 6.87. The fourth-order valence-corrected chi connectivity index (χ4v) is 1.60. The van der Waals surface area contributed by atoms with E-state index in [0.29, 0.717) is 12.5 Å². The summed E-state index contributed by atoms with van der Waals surface area (Å²) in [4.78, 5) is 0. The summed E-state index contributed by atoms with van der Waals surface area (Å²) >= 11 is 0. The number of halogens is 1. The molecule has 108 valence electrons. The van der Waals surface area contributed by atoms with Crippen molar-refractivity contribution in [1.82, 2.24) is 5.32 Å². The zero-order valence-corrected chi connectivity index (χ0v) is 12.2. The number of benzene rings is 1. The van der Waals surface area contributed by atoms with Crippen molar-refractivity contribution >= 4 is 0 Å². The van der Waals surface area contributed by atoms with E-state index >= 15 is 0 Å². The van der Waals surface area contributed by atoms with Crippen molar-refractivity contribution in [2.45, 2.75) is 39.8 Å². The van der Waals surface area contributed by atoms with Crippen molar-refractivity contribution in [3.63, 3.8) is 0 Å². The van der Waals surface area contributed by atoms with Crippen molar-refractivity contribution in [1.29, 1.82) is 0 Å². The molecule has 0 unspecified atom stereocenters. The number of hydrogen-bond donors (Lipinski definition) is 2. The van der Waals surface area contributed by atoms with Crippen LogP contribution in [0.1, 0.15) is 33.3 Å². The molecule has 3 nitrogen and oxygen atoms in total. The molecule has 0 spiro atoms. The first kappa shape index (κ1) is 15.9. The number of hydrogen-bond acceptors (Lipinski definition) is 3. The van der Waals surface area contributed by atoms with Gasteiger partial charge >= 0.3 is 0 Å². The molecule has 19 heavy (non-hydrogen) atoms. The lowest BCUT2D eigenvalue weighted by molar-refractivity contribution is 0.0268. The van der Waals surface area contributed by atoms with Crippen LogP contribution in [0.5, 0.6) is 5.75 Å². The monoisotopic (exact) mass is 269 g/mol. The van der Waals surface area contributed by atoms with Gasteiger partial charge in [-0.1, -0.05) is 26.0 Å². The van der Waals surface area contributed by atoms with Gasteiger partial charge in [-0.3, -0.25) is 0 Å². The van der Waals surface area contributed by atoms with Crippen LogP contribution >= 0.6 is 0 Å². The third-order valence-corrected chi connectivity index (χ3v) is 2.49. The van der Waals surface area contributed by atoms with Crippen LogP contribution in [0.15, 0.2) is 18.2 Å². The molecule has 0 aliphatic rings. The maximum Gasteiger partial charge on any atom is 0.165 e. The number of aliphatic hydroxyl groups is 1. The SMILES string of the molecule is CC(C)CNCc1cccc(F)c1OCC(C)(C)O. The molecule has 1 rings (SSSR count). The third kappa shape index (κ3) is 6.03. The van der Waals surface area contributed by atoms with Crippen LogP contribution < -0.4 is 10.1 Å². The summed E-state index contributed by atoms with van der Waals surface area (Å²) in [6, 6.07) is 4.86. The quantitative estimate of drug-likeness (QED) is 0.799. The zero-order chi connectivity index (χ0) is 14.5.